The van der Waals surface area contributed by atoms with E-state index in [1.807, 2.05) is 25.2 Å². The zero-order valence-corrected chi connectivity index (χ0v) is 12.4. The van der Waals surface area contributed by atoms with E-state index in [4.69, 9.17) is 15.0 Å². The SMILES string of the molecule is C/C=C/C=C(c1ccc(F)cc1)c1ccc(F)cc1.O=C(O)O. The summed E-state index contributed by atoms with van der Waals surface area (Å²) in [5.74, 6) is -0.540. The van der Waals surface area contributed by atoms with Gasteiger partial charge in [0.25, 0.3) is 0 Å². The Morgan fingerprint density at radius 3 is 1.52 bits per heavy atom. The van der Waals surface area contributed by atoms with Crippen LogP contribution in [0.3, 0.4) is 0 Å². The van der Waals surface area contributed by atoms with Crippen LogP contribution in [-0.4, -0.2) is 16.4 Å². The first kappa shape index (κ1) is 18.1. The molecule has 2 aromatic rings. The van der Waals surface area contributed by atoms with Crippen molar-refractivity contribution in [2.24, 2.45) is 0 Å². The first-order chi connectivity index (χ1) is 10.9. The van der Waals surface area contributed by atoms with Crippen LogP contribution in [0, 0.1) is 11.6 Å². The van der Waals surface area contributed by atoms with Gasteiger partial charge in [-0.05, 0) is 47.9 Å². The van der Waals surface area contributed by atoms with Crippen LogP contribution >= 0.6 is 0 Å². The number of hydrogen-bond acceptors (Lipinski definition) is 1. The molecule has 0 atom stereocenters. The van der Waals surface area contributed by atoms with Gasteiger partial charge in [0.15, 0.2) is 0 Å². The van der Waals surface area contributed by atoms with Crippen LogP contribution in [0.25, 0.3) is 5.57 Å². The Morgan fingerprint density at radius 1 is 0.870 bits per heavy atom. The lowest BCUT2D eigenvalue weighted by molar-refractivity contribution is 0.137. The molecular formula is C18H16F2O3. The van der Waals surface area contributed by atoms with Gasteiger partial charge in [-0.1, -0.05) is 42.5 Å². The Morgan fingerprint density at radius 2 is 1.22 bits per heavy atom. The van der Waals surface area contributed by atoms with E-state index in [0.29, 0.717) is 0 Å². The van der Waals surface area contributed by atoms with E-state index in [9.17, 15) is 8.78 Å². The van der Waals surface area contributed by atoms with Gasteiger partial charge in [0.1, 0.15) is 11.6 Å². The summed E-state index contributed by atoms with van der Waals surface area (Å²) in [6.07, 6.45) is 3.91. The van der Waals surface area contributed by atoms with Gasteiger partial charge in [-0.15, -0.1) is 0 Å². The van der Waals surface area contributed by atoms with Gasteiger partial charge < -0.3 is 10.2 Å². The zero-order valence-electron chi connectivity index (χ0n) is 12.4. The number of hydrogen-bond donors (Lipinski definition) is 2. The van der Waals surface area contributed by atoms with Gasteiger partial charge in [-0.2, -0.15) is 0 Å². The quantitative estimate of drug-likeness (QED) is 0.765. The van der Waals surface area contributed by atoms with Gasteiger partial charge in [0.2, 0.25) is 0 Å². The number of rotatable bonds is 3. The van der Waals surface area contributed by atoms with Crippen LogP contribution in [0.1, 0.15) is 18.1 Å². The summed E-state index contributed by atoms with van der Waals surface area (Å²) < 4.78 is 25.9. The normalized spacial score (nSPS) is 9.87. The van der Waals surface area contributed by atoms with Gasteiger partial charge in [0.05, 0.1) is 0 Å². The summed E-state index contributed by atoms with van der Waals surface area (Å²) in [6.45, 7) is 1.92. The van der Waals surface area contributed by atoms with Crippen molar-refractivity contribution in [3.8, 4) is 0 Å². The fraction of sp³-hybridized carbons (Fsp3) is 0.0556. The molecule has 0 unspecified atom stereocenters. The molecule has 0 radical (unpaired) electrons. The second kappa shape index (κ2) is 9.15. The number of benzene rings is 2. The molecule has 0 saturated carbocycles. The largest absolute Gasteiger partial charge is 0.503 e. The van der Waals surface area contributed by atoms with Crippen molar-refractivity contribution in [3.63, 3.8) is 0 Å². The topological polar surface area (TPSA) is 57.5 Å². The number of halogens is 2. The Kier molecular flexibility index (Phi) is 7.20. The first-order valence-corrected chi connectivity index (χ1v) is 6.70. The Labute approximate surface area is 132 Å². The van der Waals surface area contributed by atoms with E-state index in [-0.39, 0.29) is 11.6 Å². The van der Waals surface area contributed by atoms with E-state index < -0.39 is 6.16 Å². The third kappa shape index (κ3) is 6.56. The highest BCUT2D eigenvalue weighted by atomic mass is 19.1. The molecule has 23 heavy (non-hydrogen) atoms. The summed E-state index contributed by atoms with van der Waals surface area (Å²) in [6, 6.07) is 12.5. The van der Waals surface area contributed by atoms with Crippen LogP contribution in [0.5, 0.6) is 0 Å². The minimum absolute atomic E-state index is 0.270. The van der Waals surface area contributed by atoms with Gasteiger partial charge in [-0.3, -0.25) is 0 Å². The average Bonchev–Trinajstić information content (AvgIpc) is 2.50. The molecule has 2 rings (SSSR count). The van der Waals surface area contributed by atoms with Crippen molar-refractivity contribution >= 4 is 11.7 Å². The maximum Gasteiger partial charge on any atom is 0.503 e. The third-order valence-electron chi connectivity index (χ3n) is 2.77. The van der Waals surface area contributed by atoms with Crippen molar-refractivity contribution in [1.29, 1.82) is 0 Å². The summed E-state index contributed by atoms with van der Waals surface area (Å²) >= 11 is 0. The highest BCUT2D eigenvalue weighted by Crippen LogP contribution is 2.24. The van der Waals surface area contributed by atoms with E-state index in [1.165, 1.54) is 24.3 Å². The van der Waals surface area contributed by atoms with Crippen molar-refractivity contribution in [3.05, 3.63) is 89.5 Å². The second-order valence-corrected chi connectivity index (χ2v) is 4.40. The van der Waals surface area contributed by atoms with Crippen molar-refractivity contribution in [2.45, 2.75) is 6.92 Å². The van der Waals surface area contributed by atoms with E-state index in [1.54, 1.807) is 24.3 Å². The summed E-state index contributed by atoms with van der Waals surface area (Å²) in [7, 11) is 0. The molecule has 3 nitrogen and oxygen atoms in total. The maximum absolute atomic E-state index is 13.0. The molecule has 0 bridgehead atoms. The molecule has 0 spiro atoms. The summed E-state index contributed by atoms with van der Waals surface area (Å²) in [4.78, 5) is 8.56. The second-order valence-electron chi connectivity index (χ2n) is 4.40. The lowest BCUT2D eigenvalue weighted by atomic mass is 9.97. The smallest absolute Gasteiger partial charge is 0.450 e. The highest BCUT2D eigenvalue weighted by molar-refractivity contribution is 5.80. The predicted molar refractivity (Wildman–Crippen MR) is 85.3 cm³/mol. The van der Waals surface area contributed by atoms with Crippen LogP contribution in [0.15, 0.2) is 66.8 Å². The molecule has 0 amide bonds. The van der Waals surface area contributed by atoms with Crippen LogP contribution in [-0.2, 0) is 0 Å². The highest BCUT2D eigenvalue weighted by Gasteiger charge is 2.04. The number of allylic oxidation sites excluding steroid dienone is 3. The molecular weight excluding hydrogens is 302 g/mol. The Bertz CT molecular complexity index is 636. The van der Waals surface area contributed by atoms with Crippen molar-refractivity contribution < 1.29 is 23.8 Å². The molecule has 2 aromatic carbocycles. The first-order valence-electron chi connectivity index (χ1n) is 6.70. The van der Waals surface area contributed by atoms with Gasteiger partial charge >= 0.3 is 6.16 Å². The van der Waals surface area contributed by atoms with Gasteiger partial charge in [-0.25, -0.2) is 13.6 Å². The molecule has 2 N–H and O–H groups in total. The number of carboxylic acid groups (broad SMARTS) is 2. The zero-order chi connectivity index (χ0) is 17.2. The molecule has 0 aliphatic heterocycles. The Balaban J connectivity index is 0.000000593. The fourth-order valence-corrected chi connectivity index (χ4v) is 1.81. The van der Waals surface area contributed by atoms with Crippen LogP contribution in [0.4, 0.5) is 13.6 Å². The molecule has 0 aliphatic carbocycles. The molecule has 0 aromatic heterocycles. The lowest BCUT2D eigenvalue weighted by Gasteiger charge is -2.08. The van der Waals surface area contributed by atoms with Crippen molar-refractivity contribution in [2.75, 3.05) is 0 Å². The third-order valence-corrected chi connectivity index (χ3v) is 2.77. The fourth-order valence-electron chi connectivity index (χ4n) is 1.81. The molecule has 120 valence electrons. The van der Waals surface area contributed by atoms with E-state index in [2.05, 4.69) is 0 Å². The average molecular weight is 318 g/mol. The molecule has 0 fully saturated rings. The standard InChI is InChI=1S/C17H14F2.CH2O3/c1-2-3-4-17(13-5-9-15(18)10-6-13)14-7-11-16(19)12-8-14;2-1(3)4/h2-12H,1H3;(H2,2,3,4)/b3-2+;. The predicted octanol–water partition coefficient (Wildman–Crippen LogP) is 5.20. The van der Waals surface area contributed by atoms with E-state index >= 15 is 0 Å². The maximum atomic E-state index is 13.0. The minimum atomic E-state index is -1.83. The lowest BCUT2D eigenvalue weighted by Crippen LogP contribution is -1.89. The molecule has 0 aliphatic rings. The molecule has 0 heterocycles. The summed E-state index contributed by atoms with van der Waals surface area (Å²) in [5, 5.41) is 13.9. The summed E-state index contributed by atoms with van der Waals surface area (Å²) in [5.41, 5.74) is 2.72. The minimum Gasteiger partial charge on any atom is -0.450 e. The van der Waals surface area contributed by atoms with Crippen LogP contribution in [0.2, 0.25) is 0 Å². The van der Waals surface area contributed by atoms with Crippen LogP contribution < -0.4 is 0 Å². The van der Waals surface area contributed by atoms with E-state index in [0.717, 1.165) is 16.7 Å². The number of carbonyl (C=O) groups is 1. The molecule has 5 heteroatoms. The van der Waals surface area contributed by atoms with Gasteiger partial charge in [0, 0.05) is 0 Å². The monoisotopic (exact) mass is 318 g/mol. The van der Waals surface area contributed by atoms with Crippen molar-refractivity contribution in [1.82, 2.24) is 0 Å². The Hall–Kier alpha value is -2.95. The molecule has 0 saturated heterocycles.